The van der Waals surface area contributed by atoms with Gasteiger partial charge in [-0.1, -0.05) is 18.2 Å². The van der Waals surface area contributed by atoms with Crippen LogP contribution in [0.25, 0.3) is 0 Å². The highest BCUT2D eigenvalue weighted by Crippen LogP contribution is 2.24. The predicted molar refractivity (Wildman–Crippen MR) is 98.1 cm³/mol. The van der Waals surface area contributed by atoms with Gasteiger partial charge in [-0.3, -0.25) is 0 Å². The quantitative estimate of drug-likeness (QED) is 0.830. The normalized spacial score (nSPS) is 14.6. The summed E-state index contributed by atoms with van der Waals surface area (Å²) in [5, 5.41) is 2.92. The number of hydrogen-bond donors (Lipinski definition) is 1. The van der Waals surface area contributed by atoms with Crippen LogP contribution >= 0.6 is 15.9 Å². The van der Waals surface area contributed by atoms with Crippen LogP contribution in [0.1, 0.15) is 5.56 Å². The fourth-order valence-electron chi connectivity index (χ4n) is 2.77. The molecule has 2 aromatic carbocycles. The third-order valence-electron chi connectivity index (χ3n) is 4.13. The van der Waals surface area contributed by atoms with Gasteiger partial charge in [-0.2, -0.15) is 0 Å². The molecule has 2 amide bonds. The average Bonchev–Trinajstić information content (AvgIpc) is 2.58. The molecule has 0 saturated carbocycles. The Morgan fingerprint density at radius 3 is 2.50 bits per heavy atom. The Morgan fingerprint density at radius 1 is 1.12 bits per heavy atom. The minimum Gasteiger partial charge on any atom is -0.366 e. The molecule has 0 atom stereocenters. The molecule has 126 valence electrons. The van der Waals surface area contributed by atoms with E-state index in [0.29, 0.717) is 31.9 Å². The standard InChI is InChI=1S/C18H19BrFN3O/c1-13-6-7-16(14(19)12-13)21-18(24)23-10-8-22(9-11-23)17-5-3-2-4-15(17)20/h2-7,12H,8-11H2,1H3,(H,21,24). The van der Waals surface area contributed by atoms with Gasteiger partial charge in [0.05, 0.1) is 11.4 Å². The number of halogens is 2. The number of para-hydroxylation sites is 1. The fourth-order valence-corrected chi connectivity index (χ4v) is 3.37. The smallest absolute Gasteiger partial charge is 0.321 e. The maximum Gasteiger partial charge on any atom is 0.321 e. The average molecular weight is 392 g/mol. The molecule has 0 radical (unpaired) electrons. The molecule has 1 N–H and O–H groups in total. The van der Waals surface area contributed by atoms with Crippen LogP contribution in [0.4, 0.5) is 20.6 Å². The second kappa shape index (κ2) is 7.21. The summed E-state index contributed by atoms with van der Waals surface area (Å²) in [7, 11) is 0. The van der Waals surface area contributed by atoms with Gasteiger partial charge in [0.15, 0.2) is 0 Å². The van der Waals surface area contributed by atoms with Crippen molar-refractivity contribution in [3.8, 4) is 0 Å². The molecule has 1 fully saturated rings. The number of aryl methyl sites for hydroxylation is 1. The topological polar surface area (TPSA) is 35.6 Å². The lowest BCUT2D eigenvalue weighted by Crippen LogP contribution is -2.50. The van der Waals surface area contributed by atoms with Crippen molar-refractivity contribution in [1.29, 1.82) is 0 Å². The summed E-state index contributed by atoms with van der Waals surface area (Å²) in [6, 6.07) is 12.4. The van der Waals surface area contributed by atoms with Gasteiger partial charge in [-0.05, 0) is 52.7 Å². The molecule has 0 unspecified atom stereocenters. The number of piperazine rings is 1. The molecule has 0 bridgehead atoms. The molecule has 6 heteroatoms. The van der Waals surface area contributed by atoms with Gasteiger partial charge in [0.1, 0.15) is 5.82 Å². The van der Waals surface area contributed by atoms with Crippen molar-refractivity contribution in [3.05, 3.63) is 58.3 Å². The molecule has 1 aliphatic rings. The lowest BCUT2D eigenvalue weighted by molar-refractivity contribution is 0.208. The molecule has 2 aromatic rings. The third-order valence-corrected chi connectivity index (χ3v) is 4.78. The van der Waals surface area contributed by atoms with E-state index in [0.717, 1.165) is 15.7 Å². The zero-order valence-electron chi connectivity index (χ0n) is 13.4. The van der Waals surface area contributed by atoms with Crippen LogP contribution in [0.15, 0.2) is 46.9 Å². The first-order chi connectivity index (χ1) is 11.5. The monoisotopic (exact) mass is 391 g/mol. The van der Waals surface area contributed by atoms with E-state index in [2.05, 4.69) is 21.2 Å². The molecule has 0 aliphatic carbocycles. The summed E-state index contributed by atoms with van der Waals surface area (Å²) in [5.41, 5.74) is 2.47. The minimum atomic E-state index is -0.223. The van der Waals surface area contributed by atoms with Crippen molar-refractivity contribution in [2.24, 2.45) is 0 Å². The molecule has 4 nitrogen and oxygen atoms in total. The van der Waals surface area contributed by atoms with E-state index in [4.69, 9.17) is 0 Å². The molecule has 1 aliphatic heterocycles. The van der Waals surface area contributed by atoms with E-state index in [1.807, 2.05) is 36.1 Å². The van der Waals surface area contributed by atoms with Gasteiger partial charge < -0.3 is 15.1 Å². The molecule has 0 spiro atoms. The summed E-state index contributed by atoms with van der Waals surface area (Å²) in [4.78, 5) is 16.1. The van der Waals surface area contributed by atoms with Crippen LogP contribution in [0, 0.1) is 12.7 Å². The van der Waals surface area contributed by atoms with E-state index < -0.39 is 0 Å². The van der Waals surface area contributed by atoms with Crippen LogP contribution in [0.5, 0.6) is 0 Å². The number of benzene rings is 2. The maximum absolute atomic E-state index is 13.9. The number of nitrogens with zero attached hydrogens (tertiary/aromatic N) is 2. The number of anilines is 2. The summed E-state index contributed by atoms with van der Waals surface area (Å²) >= 11 is 3.46. The zero-order valence-corrected chi connectivity index (χ0v) is 15.0. The highest BCUT2D eigenvalue weighted by atomic mass is 79.9. The lowest BCUT2D eigenvalue weighted by atomic mass is 10.2. The van der Waals surface area contributed by atoms with E-state index in [1.54, 1.807) is 17.0 Å². The second-order valence-corrected chi connectivity index (χ2v) is 6.69. The number of amides is 2. The Kier molecular flexibility index (Phi) is 5.04. The number of rotatable bonds is 2. The van der Waals surface area contributed by atoms with Gasteiger partial charge in [-0.25, -0.2) is 9.18 Å². The first kappa shape index (κ1) is 16.8. The Morgan fingerprint density at radius 2 is 1.83 bits per heavy atom. The molecule has 24 heavy (non-hydrogen) atoms. The number of hydrogen-bond acceptors (Lipinski definition) is 2. The molecule has 1 heterocycles. The highest BCUT2D eigenvalue weighted by molar-refractivity contribution is 9.10. The van der Waals surface area contributed by atoms with E-state index in [1.165, 1.54) is 6.07 Å². The molecule has 1 saturated heterocycles. The molecule has 0 aromatic heterocycles. The van der Waals surface area contributed by atoms with Crippen molar-refractivity contribution in [2.45, 2.75) is 6.92 Å². The first-order valence-electron chi connectivity index (χ1n) is 7.86. The number of urea groups is 1. The zero-order chi connectivity index (χ0) is 17.1. The van der Waals surface area contributed by atoms with Gasteiger partial charge in [0, 0.05) is 30.7 Å². The van der Waals surface area contributed by atoms with Gasteiger partial charge in [0.25, 0.3) is 0 Å². The Hall–Kier alpha value is -2.08. The summed E-state index contributed by atoms with van der Waals surface area (Å²) in [6.07, 6.45) is 0. The van der Waals surface area contributed by atoms with Crippen LogP contribution in [0.3, 0.4) is 0 Å². The Balaban J connectivity index is 1.60. The minimum absolute atomic E-state index is 0.132. The van der Waals surface area contributed by atoms with Crippen molar-refractivity contribution in [3.63, 3.8) is 0 Å². The van der Waals surface area contributed by atoms with Crippen LogP contribution in [0.2, 0.25) is 0 Å². The number of nitrogens with one attached hydrogen (secondary N) is 1. The predicted octanol–water partition coefficient (Wildman–Crippen LogP) is 4.25. The van der Waals surface area contributed by atoms with Gasteiger partial charge in [0.2, 0.25) is 0 Å². The van der Waals surface area contributed by atoms with Crippen molar-refractivity contribution in [2.75, 3.05) is 36.4 Å². The molecular formula is C18H19BrFN3O. The molecular weight excluding hydrogens is 373 g/mol. The summed E-state index contributed by atoms with van der Waals surface area (Å²) in [5.74, 6) is -0.223. The maximum atomic E-state index is 13.9. The fraction of sp³-hybridized carbons (Fsp3) is 0.278. The van der Waals surface area contributed by atoms with Gasteiger partial charge >= 0.3 is 6.03 Å². The van der Waals surface area contributed by atoms with Crippen molar-refractivity contribution >= 4 is 33.3 Å². The van der Waals surface area contributed by atoms with Crippen molar-refractivity contribution < 1.29 is 9.18 Å². The SMILES string of the molecule is Cc1ccc(NC(=O)N2CCN(c3ccccc3F)CC2)c(Br)c1. The summed E-state index contributed by atoms with van der Waals surface area (Å²) in [6.45, 7) is 4.35. The second-order valence-electron chi connectivity index (χ2n) is 5.84. The lowest BCUT2D eigenvalue weighted by Gasteiger charge is -2.36. The van der Waals surface area contributed by atoms with Gasteiger partial charge in [-0.15, -0.1) is 0 Å². The van der Waals surface area contributed by atoms with Crippen molar-refractivity contribution in [1.82, 2.24) is 4.90 Å². The number of carbonyl (C=O) groups is 1. The van der Waals surface area contributed by atoms with Crippen LogP contribution < -0.4 is 10.2 Å². The van der Waals surface area contributed by atoms with Crippen LogP contribution in [-0.2, 0) is 0 Å². The molecule has 3 rings (SSSR count). The van der Waals surface area contributed by atoms with Crippen LogP contribution in [-0.4, -0.2) is 37.1 Å². The largest absolute Gasteiger partial charge is 0.366 e. The third kappa shape index (κ3) is 3.70. The van der Waals surface area contributed by atoms with E-state index in [-0.39, 0.29) is 11.8 Å². The first-order valence-corrected chi connectivity index (χ1v) is 8.65. The number of carbonyl (C=O) groups excluding carboxylic acids is 1. The highest BCUT2D eigenvalue weighted by Gasteiger charge is 2.23. The summed E-state index contributed by atoms with van der Waals surface area (Å²) < 4.78 is 14.7. The Bertz CT molecular complexity index is 745. The Labute approximate surface area is 149 Å². The van der Waals surface area contributed by atoms with E-state index in [9.17, 15) is 9.18 Å². The van der Waals surface area contributed by atoms with E-state index >= 15 is 0 Å².